The Hall–Kier alpha value is -1.73. The number of aryl methyl sites for hydroxylation is 1. The van der Waals surface area contributed by atoms with Gasteiger partial charge in [-0.1, -0.05) is 11.6 Å². The summed E-state index contributed by atoms with van der Waals surface area (Å²) in [4.78, 5) is 3.97. The number of rotatable bonds is 4. The van der Waals surface area contributed by atoms with E-state index in [1.54, 1.807) is 24.1 Å². The van der Waals surface area contributed by atoms with E-state index >= 15 is 0 Å². The van der Waals surface area contributed by atoms with Crippen molar-refractivity contribution in [1.29, 1.82) is 0 Å². The molecular formula is C13H14ClF3N4. The van der Waals surface area contributed by atoms with E-state index < -0.39 is 11.7 Å². The second-order valence-corrected chi connectivity index (χ2v) is 5.02. The molecule has 2 rings (SSSR count). The minimum atomic E-state index is -4.45. The van der Waals surface area contributed by atoms with Crippen LogP contribution in [0.4, 0.5) is 18.9 Å². The van der Waals surface area contributed by atoms with Gasteiger partial charge >= 0.3 is 6.18 Å². The van der Waals surface area contributed by atoms with Gasteiger partial charge in [0.25, 0.3) is 0 Å². The van der Waals surface area contributed by atoms with Crippen molar-refractivity contribution < 1.29 is 13.2 Å². The molecule has 1 atom stereocenters. The lowest BCUT2D eigenvalue weighted by molar-refractivity contribution is -0.137. The second kappa shape index (κ2) is 5.95. The molecule has 21 heavy (non-hydrogen) atoms. The van der Waals surface area contributed by atoms with Gasteiger partial charge in [0.15, 0.2) is 0 Å². The second-order valence-electron chi connectivity index (χ2n) is 4.59. The predicted molar refractivity (Wildman–Crippen MR) is 75.1 cm³/mol. The third-order valence-corrected chi connectivity index (χ3v) is 3.23. The number of imidazole rings is 1. The van der Waals surface area contributed by atoms with Gasteiger partial charge in [0, 0.05) is 24.3 Å². The van der Waals surface area contributed by atoms with E-state index in [0.29, 0.717) is 0 Å². The number of nitrogens with zero attached hydrogens (tertiary/aromatic N) is 2. The zero-order chi connectivity index (χ0) is 15.6. The monoisotopic (exact) mass is 318 g/mol. The van der Waals surface area contributed by atoms with Gasteiger partial charge in [0.2, 0.25) is 0 Å². The topological polar surface area (TPSA) is 55.9 Å². The molecule has 0 bridgehead atoms. The lowest BCUT2D eigenvalue weighted by Gasteiger charge is -2.19. The number of hydrogen-bond donors (Lipinski definition) is 2. The van der Waals surface area contributed by atoms with Crippen molar-refractivity contribution in [3.8, 4) is 0 Å². The number of anilines is 1. The summed E-state index contributed by atoms with van der Waals surface area (Å²) in [5.41, 5.74) is 5.90. The smallest absolute Gasteiger partial charge is 0.375 e. The Bertz CT molecular complexity index is 624. The first-order valence-electron chi connectivity index (χ1n) is 6.12. The Morgan fingerprint density at radius 2 is 2.10 bits per heavy atom. The molecule has 2 aromatic rings. The molecule has 0 radical (unpaired) electrons. The molecule has 4 nitrogen and oxygen atoms in total. The molecule has 8 heteroatoms. The summed E-state index contributed by atoms with van der Waals surface area (Å²) < 4.78 is 40.1. The quantitative estimate of drug-likeness (QED) is 0.910. The zero-order valence-electron chi connectivity index (χ0n) is 11.2. The minimum absolute atomic E-state index is 0.00750. The average molecular weight is 319 g/mol. The highest BCUT2D eigenvalue weighted by atomic mass is 35.5. The molecule has 0 aliphatic carbocycles. The minimum Gasteiger partial charge on any atom is -0.375 e. The molecule has 0 saturated carbocycles. The van der Waals surface area contributed by atoms with Crippen LogP contribution in [-0.4, -0.2) is 16.1 Å². The molecule has 3 N–H and O–H groups in total. The summed E-state index contributed by atoms with van der Waals surface area (Å²) in [7, 11) is 1.78. The number of alkyl halides is 3. The highest BCUT2D eigenvalue weighted by molar-refractivity contribution is 6.30. The standard InChI is InChI=1S/C13H14ClF3N4/c1-21-7-19-6-12(21)11(5-18)20-10-3-8(13(15,16)17)2-9(14)4-10/h2-4,6-7,11,20H,5,18H2,1H3. The van der Waals surface area contributed by atoms with E-state index in [9.17, 15) is 13.2 Å². The van der Waals surface area contributed by atoms with E-state index in [1.165, 1.54) is 6.07 Å². The first-order valence-corrected chi connectivity index (χ1v) is 6.49. The van der Waals surface area contributed by atoms with Gasteiger partial charge in [-0.3, -0.25) is 0 Å². The molecular weight excluding hydrogens is 305 g/mol. The van der Waals surface area contributed by atoms with Crippen molar-refractivity contribution in [2.45, 2.75) is 12.2 Å². The largest absolute Gasteiger partial charge is 0.416 e. The summed E-state index contributed by atoms with van der Waals surface area (Å²) in [6.07, 6.45) is -1.25. The Morgan fingerprint density at radius 1 is 1.38 bits per heavy atom. The van der Waals surface area contributed by atoms with Crippen LogP contribution in [0, 0.1) is 0 Å². The molecule has 0 saturated heterocycles. The number of benzene rings is 1. The van der Waals surface area contributed by atoms with Crippen molar-refractivity contribution in [3.63, 3.8) is 0 Å². The van der Waals surface area contributed by atoms with Crippen LogP contribution in [0.15, 0.2) is 30.7 Å². The molecule has 0 spiro atoms. The number of aromatic nitrogens is 2. The van der Waals surface area contributed by atoms with Crippen molar-refractivity contribution >= 4 is 17.3 Å². The van der Waals surface area contributed by atoms with Gasteiger partial charge in [0.1, 0.15) is 0 Å². The Kier molecular flexibility index (Phi) is 4.43. The van der Waals surface area contributed by atoms with Crippen molar-refractivity contribution in [2.75, 3.05) is 11.9 Å². The number of halogens is 4. The summed E-state index contributed by atoms with van der Waals surface area (Å²) >= 11 is 5.75. The fraction of sp³-hybridized carbons (Fsp3) is 0.308. The van der Waals surface area contributed by atoms with E-state index in [0.717, 1.165) is 17.8 Å². The fourth-order valence-electron chi connectivity index (χ4n) is 1.99. The Morgan fingerprint density at radius 3 is 2.62 bits per heavy atom. The van der Waals surface area contributed by atoms with Crippen LogP contribution in [0.1, 0.15) is 17.3 Å². The summed E-state index contributed by atoms with van der Waals surface area (Å²) in [5.74, 6) is 0. The number of nitrogens with one attached hydrogen (secondary N) is 1. The lowest BCUT2D eigenvalue weighted by Crippen LogP contribution is -2.23. The molecule has 0 aliphatic heterocycles. The molecule has 0 aliphatic rings. The van der Waals surface area contributed by atoms with E-state index in [2.05, 4.69) is 10.3 Å². The maximum Gasteiger partial charge on any atom is 0.416 e. The molecule has 1 aromatic heterocycles. The Balaban J connectivity index is 2.30. The van der Waals surface area contributed by atoms with E-state index in [1.807, 2.05) is 0 Å². The van der Waals surface area contributed by atoms with Gasteiger partial charge in [0.05, 0.1) is 29.8 Å². The van der Waals surface area contributed by atoms with E-state index in [-0.39, 0.29) is 23.3 Å². The Labute approximate surface area is 124 Å². The van der Waals surface area contributed by atoms with Crippen LogP contribution in [-0.2, 0) is 13.2 Å². The maximum atomic E-state index is 12.8. The highest BCUT2D eigenvalue weighted by Crippen LogP contribution is 2.34. The molecule has 0 amide bonds. The van der Waals surface area contributed by atoms with Crippen LogP contribution in [0.3, 0.4) is 0 Å². The molecule has 1 aromatic carbocycles. The van der Waals surface area contributed by atoms with Crippen LogP contribution in [0.2, 0.25) is 5.02 Å². The molecule has 1 unspecified atom stereocenters. The highest BCUT2D eigenvalue weighted by Gasteiger charge is 2.31. The van der Waals surface area contributed by atoms with Crippen LogP contribution in [0.25, 0.3) is 0 Å². The fourth-order valence-corrected chi connectivity index (χ4v) is 2.23. The van der Waals surface area contributed by atoms with E-state index in [4.69, 9.17) is 17.3 Å². The summed E-state index contributed by atoms with van der Waals surface area (Å²) in [6.45, 7) is 0.202. The first kappa shape index (κ1) is 15.7. The SMILES string of the molecule is Cn1cncc1C(CN)Nc1cc(Cl)cc(C(F)(F)F)c1. The van der Waals surface area contributed by atoms with Gasteiger partial charge in [-0.05, 0) is 18.2 Å². The summed E-state index contributed by atoms with van der Waals surface area (Å²) in [6, 6.07) is 2.95. The normalized spacial score (nSPS) is 13.2. The third-order valence-electron chi connectivity index (χ3n) is 3.01. The van der Waals surface area contributed by atoms with Crippen LogP contribution < -0.4 is 11.1 Å². The zero-order valence-corrected chi connectivity index (χ0v) is 11.9. The molecule has 1 heterocycles. The maximum absolute atomic E-state index is 12.8. The average Bonchev–Trinajstić information content (AvgIpc) is 2.80. The number of hydrogen-bond acceptors (Lipinski definition) is 3. The van der Waals surface area contributed by atoms with Crippen molar-refractivity contribution in [3.05, 3.63) is 47.0 Å². The molecule has 0 fully saturated rings. The summed E-state index contributed by atoms with van der Waals surface area (Å²) in [5, 5.41) is 2.96. The third kappa shape index (κ3) is 3.68. The van der Waals surface area contributed by atoms with Gasteiger partial charge in [-0.2, -0.15) is 13.2 Å². The van der Waals surface area contributed by atoms with Crippen molar-refractivity contribution in [2.24, 2.45) is 12.8 Å². The van der Waals surface area contributed by atoms with Gasteiger partial charge in [-0.25, -0.2) is 4.98 Å². The predicted octanol–water partition coefficient (Wildman–Crippen LogP) is 3.20. The van der Waals surface area contributed by atoms with Gasteiger partial charge < -0.3 is 15.6 Å². The van der Waals surface area contributed by atoms with Crippen molar-refractivity contribution in [1.82, 2.24) is 9.55 Å². The van der Waals surface area contributed by atoms with Crippen LogP contribution in [0.5, 0.6) is 0 Å². The lowest BCUT2D eigenvalue weighted by atomic mass is 10.1. The van der Waals surface area contributed by atoms with Crippen LogP contribution >= 0.6 is 11.6 Å². The number of nitrogens with two attached hydrogens (primary N) is 1. The van der Waals surface area contributed by atoms with Gasteiger partial charge in [-0.15, -0.1) is 0 Å². The molecule has 114 valence electrons. The first-order chi connectivity index (χ1) is 9.81.